The van der Waals surface area contributed by atoms with E-state index in [0.717, 1.165) is 11.0 Å². The molecule has 1 aromatic carbocycles. The van der Waals surface area contributed by atoms with E-state index in [1.54, 1.807) is 0 Å². The first-order chi connectivity index (χ1) is 14.6. The molecule has 1 N–H and O–H groups in total. The van der Waals surface area contributed by atoms with Crippen molar-refractivity contribution in [1.29, 1.82) is 0 Å². The van der Waals surface area contributed by atoms with Crippen molar-refractivity contribution in [3.05, 3.63) is 35.9 Å². The molecule has 0 unspecified atom stereocenters. The fraction of sp³-hybridized carbons (Fsp3) is 0.778. The average molecular weight is 434 g/mol. The van der Waals surface area contributed by atoms with Crippen LogP contribution in [0.5, 0.6) is 0 Å². The van der Waals surface area contributed by atoms with E-state index in [1.807, 2.05) is 0 Å². The van der Waals surface area contributed by atoms with E-state index < -0.39 is 0 Å². The second-order valence-corrected chi connectivity index (χ2v) is 10.7. The van der Waals surface area contributed by atoms with E-state index in [1.165, 1.54) is 131 Å². The van der Waals surface area contributed by atoms with E-state index in [2.05, 4.69) is 49.7 Å². The van der Waals surface area contributed by atoms with Crippen LogP contribution in [-0.2, 0) is 6.54 Å². The maximum Gasteiger partial charge on any atom is 0.104 e. The van der Waals surface area contributed by atoms with Crippen LogP contribution in [0.1, 0.15) is 102 Å². The van der Waals surface area contributed by atoms with Gasteiger partial charge in [0.05, 0.1) is 20.6 Å². The van der Waals surface area contributed by atoms with Crippen molar-refractivity contribution in [3.8, 4) is 0 Å². The molecule has 0 atom stereocenters. The highest BCUT2D eigenvalue weighted by molar-refractivity contribution is 6.08. The summed E-state index contributed by atoms with van der Waals surface area (Å²) >= 11 is 0. The molecule has 0 radical (unpaired) electrons. The number of benzene rings is 1. The predicted molar refractivity (Wildman–Crippen MR) is 139 cm³/mol. The topological polar surface area (TPSA) is 12.0 Å². The molecule has 0 saturated carbocycles. The quantitative estimate of drug-likeness (QED) is 0.142. The van der Waals surface area contributed by atoms with Crippen molar-refractivity contribution >= 4 is 10.2 Å². The Labute approximate surface area is 192 Å². The van der Waals surface area contributed by atoms with Gasteiger partial charge in [0.15, 0.2) is 0 Å². The van der Waals surface area contributed by atoms with Crippen LogP contribution < -0.4 is 5.32 Å². The average Bonchev–Trinajstić information content (AvgIpc) is 2.73. The summed E-state index contributed by atoms with van der Waals surface area (Å²) in [6.45, 7) is 3.69. The van der Waals surface area contributed by atoms with Gasteiger partial charge in [-0.05, 0) is 32.0 Å². The van der Waals surface area contributed by atoms with Gasteiger partial charge < -0.3 is 9.80 Å². The molecule has 1 aromatic rings. The molecule has 0 fully saturated rings. The first kappa shape index (κ1) is 27.4. The maximum atomic E-state index is 3.47. The smallest absolute Gasteiger partial charge is 0.104 e. The summed E-state index contributed by atoms with van der Waals surface area (Å²) in [4.78, 5) is 0. The summed E-state index contributed by atoms with van der Waals surface area (Å²) in [5, 5.41) is 3.47. The SMILES string of the molecule is C[N+](C)(CCCCCCCCCCCCCCCCCNC[SiH3])Cc1ccccc1. The highest BCUT2D eigenvalue weighted by Crippen LogP contribution is 2.15. The molecule has 174 valence electrons. The van der Waals surface area contributed by atoms with Crippen LogP contribution in [0.3, 0.4) is 0 Å². The summed E-state index contributed by atoms with van der Waals surface area (Å²) in [6, 6.07) is 10.9. The third-order valence-corrected chi connectivity index (χ3v) is 6.82. The number of quaternary nitrogens is 1. The van der Waals surface area contributed by atoms with Crippen LogP contribution in [0.25, 0.3) is 0 Å². The third kappa shape index (κ3) is 17.1. The Balaban J connectivity index is 1.79. The molecule has 0 aliphatic carbocycles. The van der Waals surface area contributed by atoms with E-state index >= 15 is 0 Å². The first-order valence-corrected chi connectivity index (χ1v) is 14.6. The van der Waals surface area contributed by atoms with Gasteiger partial charge in [0.25, 0.3) is 0 Å². The Morgan fingerprint density at radius 1 is 0.633 bits per heavy atom. The van der Waals surface area contributed by atoms with E-state index in [0.29, 0.717) is 0 Å². The van der Waals surface area contributed by atoms with Crippen molar-refractivity contribution in [2.75, 3.05) is 33.4 Å². The largest absolute Gasteiger partial charge is 0.325 e. The normalized spacial score (nSPS) is 11.9. The number of unbranched alkanes of at least 4 members (excludes halogenated alkanes) is 14. The fourth-order valence-corrected chi connectivity index (χ4v) is 4.77. The van der Waals surface area contributed by atoms with Crippen LogP contribution in [0, 0.1) is 0 Å². The Morgan fingerprint density at radius 2 is 1.07 bits per heavy atom. The van der Waals surface area contributed by atoms with Gasteiger partial charge >= 0.3 is 0 Å². The monoisotopic (exact) mass is 433 g/mol. The molecule has 3 heteroatoms. The number of nitrogens with one attached hydrogen (secondary N) is 1. The van der Waals surface area contributed by atoms with Gasteiger partial charge in [-0.25, -0.2) is 0 Å². The second kappa shape index (κ2) is 19.1. The molecule has 0 bridgehead atoms. The first-order valence-electron chi connectivity index (χ1n) is 13.2. The minimum atomic E-state index is 1.11. The molecule has 1 rings (SSSR count). The lowest BCUT2D eigenvalue weighted by atomic mass is 10.0. The summed E-state index contributed by atoms with van der Waals surface area (Å²) in [5.74, 6) is 0. The molecule has 30 heavy (non-hydrogen) atoms. The molecule has 2 nitrogen and oxygen atoms in total. The van der Waals surface area contributed by atoms with Crippen molar-refractivity contribution in [3.63, 3.8) is 0 Å². The number of rotatable bonds is 21. The summed E-state index contributed by atoms with van der Waals surface area (Å²) in [5.41, 5.74) is 1.46. The minimum Gasteiger partial charge on any atom is -0.325 e. The zero-order valence-corrected chi connectivity index (χ0v) is 22.8. The summed E-state index contributed by atoms with van der Waals surface area (Å²) in [6.07, 6.45) is 22.9. The van der Waals surface area contributed by atoms with Crippen molar-refractivity contribution in [2.45, 2.75) is 103 Å². The predicted octanol–water partition coefficient (Wildman–Crippen LogP) is 6.03. The van der Waals surface area contributed by atoms with Crippen LogP contribution in [0.2, 0.25) is 0 Å². The number of hydrogen-bond donors (Lipinski definition) is 1. The Morgan fingerprint density at radius 3 is 1.53 bits per heavy atom. The lowest BCUT2D eigenvalue weighted by molar-refractivity contribution is -0.903. The molecule has 0 aromatic heterocycles. The zero-order valence-electron chi connectivity index (χ0n) is 20.8. The van der Waals surface area contributed by atoms with Gasteiger partial charge in [-0.3, -0.25) is 0 Å². The molecule has 0 aliphatic heterocycles. The van der Waals surface area contributed by atoms with Crippen LogP contribution in [0.4, 0.5) is 0 Å². The molecular weight excluding hydrogens is 380 g/mol. The molecule has 0 saturated heterocycles. The summed E-state index contributed by atoms with van der Waals surface area (Å²) < 4.78 is 1.11. The van der Waals surface area contributed by atoms with Gasteiger partial charge in [0.2, 0.25) is 0 Å². The third-order valence-electron chi connectivity index (χ3n) is 6.32. The lowest BCUT2D eigenvalue weighted by Crippen LogP contribution is -2.39. The van der Waals surface area contributed by atoms with E-state index in [4.69, 9.17) is 0 Å². The van der Waals surface area contributed by atoms with Gasteiger partial charge in [0, 0.05) is 15.8 Å². The summed E-state index contributed by atoms with van der Waals surface area (Å²) in [7, 11) is 6.04. The molecular formula is C27H53N2Si+. The van der Waals surface area contributed by atoms with E-state index in [-0.39, 0.29) is 0 Å². The fourth-order valence-electron chi connectivity index (χ4n) is 4.42. The standard InChI is InChI=1S/C27H53N2Si/c1-29(2,25-27-21-17-16-18-22-27)24-20-15-13-11-9-7-5-3-4-6-8-10-12-14-19-23-28-26-30/h16-18,21-22,28H,3-15,19-20,23-26H2,1-2,30H3/q+1. The Hall–Kier alpha value is -0.643. The molecule has 0 aliphatic rings. The highest BCUT2D eigenvalue weighted by atomic mass is 28.1. The van der Waals surface area contributed by atoms with E-state index in [9.17, 15) is 0 Å². The van der Waals surface area contributed by atoms with Gasteiger partial charge in [-0.15, -0.1) is 0 Å². The lowest BCUT2D eigenvalue weighted by Gasteiger charge is -2.30. The second-order valence-electron chi connectivity index (χ2n) is 9.96. The minimum absolute atomic E-state index is 1.11. The molecule has 0 spiro atoms. The van der Waals surface area contributed by atoms with Crippen LogP contribution in [-0.4, -0.2) is 48.1 Å². The van der Waals surface area contributed by atoms with Crippen molar-refractivity contribution < 1.29 is 4.48 Å². The van der Waals surface area contributed by atoms with Crippen LogP contribution >= 0.6 is 0 Å². The number of nitrogens with zero attached hydrogens (tertiary/aromatic N) is 1. The van der Waals surface area contributed by atoms with Crippen molar-refractivity contribution in [1.82, 2.24) is 5.32 Å². The zero-order chi connectivity index (χ0) is 21.8. The maximum absolute atomic E-state index is 3.47. The highest BCUT2D eigenvalue weighted by Gasteiger charge is 2.14. The Bertz CT molecular complexity index is 475. The van der Waals surface area contributed by atoms with Gasteiger partial charge in [0.1, 0.15) is 6.54 Å². The van der Waals surface area contributed by atoms with Crippen LogP contribution in [0.15, 0.2) is 30.3 Å². The molecule has 0 heterocycles. The van der Waals surface area contributed by atoms with Gasteiger partial charge in [-0.1, -0.05) is 107 Å². The molecule has 0 amide bonds. The van der Waals surface area contributed by atoms with Gasteiger partial charge in [-0.2, -0.15) is 0 Å². The van der Waals surface area contributed by atoms with Crippen molar-refractivity contribution in [2.24, 2.45) is 0 Å². The Kier molecular flexibility index (Phi) is 17.4. The number of hydrogen-bond acceptors (Lipinski definition) is 1.